The minimum atomic E-state index is -0.350. The molecule has 1 unspecified atom stereocenters. The van der Waals surface area contributed by atoms with Crippen LogP contribution in [0.15, 0.2) is 24.3 Å². The highest BCUT2D eigenvalue weighted by Gasteiger charge is 2.43. The third-order valence-electron chi connectivity index (χ3n) is 4.34. The summed E-state index contributed by atoms with van der Waals surface area (Å²) in [5.74, 6) is 0. The van der Waals surface area contributed by atoms with Gasteiger partial charge in [0.25, 0.3) is 0 Å². The molecule has 4 heteroatoms. The Morgan fingerprint density at radius 3 is 2.62 bits per heavy atom. The van der Waals surface area contributed by atoms with E-state index in [1.54, 1.807) is 11.9 Å². The van der Waals surface area contributed by atoms with Gasteiger partial charge in [0.2, 0.25) is 0 Å². The van der Waals surface area contributed by atoms with Gasteiger partial charge >= 0.3 is 6.09 Å². The van der Waals surface area contributed by atoms with Crippen molar-refractivity contribution in [2.24, 2.45) is 0 Å². The molecule has 0 fully saturated rings. The van der Waals surface area contributed by atoms with Gasteiger partial charge in [0.1, 0.15) is 12.9 Å². The Hall–Kier alpha value is -1.84. The summed E-state index contributed by atoms with van der Waals surface area (Å²) in [7, 11) is 1.73. The summed E-state index contributed by atoms with van der Waals surface area (Å²) < 4.78 is 5.48. The van der Waals surface area contributed by atoms with Crippen LogP contribution in [0.3, 0.4) is 0 Å². The molecule has 2 rings (SSSR count). The molecule has 1 atom stereocenters. The Bertz CT molecular complexity index is 547. The normalized spacial score (nSPS) is 20.2. The second-order valence-electron chi connectivity index (χ2n) is 6.77. The number of carbonyl (C=O) groups excluding carboxylic acids is 2. The quantitative estimate of drug-likeness (QED) is 0.801. The summed E-state index contributed by atoms with van der Waals surface area (Å²) in [6, 6.07) is 8.02. The van der Waals surface area contributed by atoms with Crippen molar-refractivity contribution >= 4 is 12.4 Å². The van der Waals surface area contributed by atoms with E-state index in [4.69, 9.17) is 4.74 Å². The molecule has 1 aromatic carbocycles. The zero-order chi connectivity index (χ0) is 15.7. The predicted octanol–water partition coefficient (Wildman–Crippen LogP) is 2.94. The molecule has 1 aliphatic carbocycles. The van der Waals surface area contributed by atoms with E-state index in [-0.39, 0.29) is 23.7 Å². The molecule has 1 aliphatic rings. The van der Waals surface area contributed by atoms with Gasteiger partial charge in [0, 0.05) is 24.4 Å². The monoisotopic (exact) mass is 289 g/mol. The van der Waals surface area contributed by atoms with Crippen LogP contribution >= 0.6 is 0 Å². The number of nitrogens with zero attached hydrogens (tertiary/aromatic N) is 1. The fraction of sp³-hybridized carbons (Fsp3) is 0.529. The van der Waals surface area contributed by atoms with Gasteiger partial charge in [-0.3, -0.25) is 0 Å². The van der Waals surface area contributed by atoms with Crippen molar-refractivity contribution in [3.63, 3.8) is 0 Å². The maximum atomic E-state index is 12.1. The predicted molar refractivity (Wildman–Crippen MR) is 81.4 cm³/mol. The number of benzene rings is 1. The molecule has 0 N–H and O–H groups in total. The second-order valence-corrected chi connectivity index (χ2v) is 6.77. The molecule has 1 aromatic rings. The minimum absolute atomic E-state index is 0.252. The number of ether oxygens (including phenoxy) is 1. The van der Waals surface area contributed by atoms with E-state index >= 15 is 0 Å². The lowest BCUT2D eigenvalue weighted by atomic mass is 9.63. The largest absolute Gasteiger partial charge is 0.448 e. The number of carbonyl (C=O) groups is 2. The SMILES string of the molecule is CN(C(=O)OCC1(CC=O)Cc2ccccc21)C(C)(C)C. The molecule has 21 heavy (non-hydrogen) atoms. The first-order valence-corrected chi connectivity index (χ1v) is 7.23. The molecule has 1 amide bonds. The van der Waals surface area contributed by atoms with E-state index in [9.17, 15) is 9.59 Å². The summed E-state index contributed by atoms with van der Waals surface area (Å²) in [6.07, 6.45) is 1.74. The molecule has 0 saturated carbocycles. The van der Waals surface area contributed by atoms with Gasteiger partial charge in [-0.25, -0.2) is 4.79 Å². The molecule has 0 radical (unpaired) electrons. The van der Waals surface area contributed by atoms with E-state index in [1.807, 2.05) is 39.0 Å². The third-order valence-corrected chi connectivity index (χ3v) is 4.34. The van der Waals surface area contributed by atoms with Crippen LogP contribution in [0.5, 0.6) is 0 Å². The topological polar surface area (TPSA) is 46.6 Å². The molecule has 0 heterocycles. The standard InChI is InChI=1S/C17H23NO3/c1-16(2,3)18(4)15(20)21-12-17(9-10-19)11-13-7-5-6-8-14(13)17/h5-8,10H,9,11-12H2,1-4H3. The van der Waals surface area contributed by atoms with Crippen molar-refractivity contribution in [1.82, 2.24) is 4.90 Å². The van der Waals surface area contributed by atoms with E-state index in [2.05, 4.69) is 6.07 Å². The van der Waals surface area contributed by atoms with Crippen LogP contribution in [0.25, 0.3) is 0 Å². The van der Waals surface area contributed by atoms with Gasteiger partial charge in [-0.2, -0.15) is 0 Å². The highest BCUT2D eigenvalue weighted by Crippen LogP contribution is 2.43. The maximum Gasteiger partial charge on any atom is 0.409 e. The molecule has 0 bridgehead atoms. The van der Waals surface area contributed by atoms with Crippen molar-refractivity contribution in [2.75, 3.05) is 13.7 Å². The molecule has 0 saturated heterocycles. The fourth-order valence-corrected chi connectivity index (χ4v) is 2.64. The van der Waals surface area contributed by atoms with E-state index < -0.39 is 0 Å². The van der Waals surface area contributed by atoms with Crippen LogP contribution in [-0.2, 0) is 21.4 Å². The second kappa shape index (κ2) is 5.51. The van der Waals surface area contributed by atoms with Crippen LogP contribution in [-0.4, -0.2) is 36.5 Å². The Morgan fingerprint density at radius 2 is 2.05 bits per heavy atom. The molecule has 0 aliphatic heterocycles. The first-order chi connectivity index (χ1) is 9.80. The van der Waals surface area contributed by atoms with Crippen molar-refractivity contribution in [2.45, 2.75) is 44.6 Å². The molecule has 4 nitrogen and oxygen atoms in total. The summed E-state index contributed by atoms with van der Waals surface area (Å²) in [4.78, 5) is 24.7. The summed E-state index contributed by atoms with van der Waals surface area (Å²) in [5, 5.41) is 0. The van der Waals surface area contributed by atoms with Crippen LogP contribution < -0.4 is 0 Å². The van der Waals surface area contributed by atoms with Gasteiger partial charge in [-0.15, -0.1) is 0 Å². The van der Waals surface area contributed by atoms with Gasteiger partial charge in [0.15, 0.2) is 0 Å². The number of hydrogen-bond donors (Lipinski definition) is 0. The maximum absolute atomic E-state index is 12.1. The van der Waals surface area contributed by atoms with Crippen LogP contribution in [0.2, 0.25) is 0 Å². The van der Waals surface area contributed by atoms with Crippen molar-refractivity contribution < 1.29 is 14.3 Å². The summed E-state index contributed by atoms with van der Waals surface area (Å²) in [5.41, 5.74) is 1.74. The molecule has 0 spiro atoms. The van der Waals surface area contributed by atoms with Crippen LogP contribution in [0, 0.1) is 0 Å². The Labute approximate surface area is 126 Å². The number of amides is 1. The highest BCUT2D eigenvalue weighted by molar-refractivity contribution is 5.68. The zero-order valence-corrected chi connectivity index (χ0v) is 13.2. The Morgan fingerprint density at radius 1 is 1.38 bits per heavy atom. The summed E-state index contributed by atoms with van der Waals surface area (Å²) in [6.45, 7) is 6.11. The first kappa shape index (κ1) is 15.5. The van der Waals surface area contributed by atoms with Gasteiger partial charge in [-0.05, 0) is 38.3 Å². The lowest BCUT2D eigenvalue weighted by Crippen LogP contribution is -2.47. The number of aldehydes is 1. The summed E-state index contributed by atoms with van der Waals surface area (Å²) >= 11 is 0. The average molecular weight is 289 g/mol. The number of fused-ring (bicyclic) bond motifs is 1. The third kappa shape index (κ3) is 2.94. The van der Waals surface area contributed by atoms with Crippen LogP contribution in [0.1, 0.15) is 38.3 Å². The van der Waals surface area contributed by atoms with Gasteiger partial charge in [-0.1, -0.05) is 24.3 Å². The van der Waals surface area contributed by atoms with Gasteiger partial charge in [0.05, 0.1) is 0 Å². The lowest BCUT2D eigenvalue weighted by Gasteiger charge is -2.43. The van der Waals surface area contributed by atoms with Gasteiger partial charge < -0.3 is 14.4 Å². The first-order valence-electron chi connectivity index (χ1n) is 7.23. The highest BCUT2D eigenvalue weighted by atomic mass is 16.6. The number of hydrogen-bond acceptors (Lipinski definition) is 3. The van der Waals surface area contributed by atoms with Crippen LogP contribution in [0.4, 0.5) is 4.79 Å². The zero-order valence-electron chi connectivity index (χ0n) is 13.2. The lowest BCUT2D eigenvalue weighted by molar-refractivity contribution is -0.109. The molecule has 114 valence electrons. The van der Waals surface area contributed by atoms with E-state index in [1.165, 1.54) is 5.56 Å². The van der Waals surface area contributed by atoms with Crippen molar-refractivity contribution in [1.29, 1.82) is 0 Å². The molecular formula is C17H23NO3. The van der Waals surface area contributed by atoms with E-state index in [0.29, 0.717) is 6.42 Å². The minimum Gasteiger partial charge on any atom is -0.448 e. The fourth-order valence-electron chi connectivity index (χ4n) is 2.64. The van der Waals surface area contributed by atoms with Crippen molar-refractivity contribution in [3.8, 4) is 0 Å². The smallest absolute Gasteiger partial charge is 0.409 e. The Kier molecular flexibility index (Phi) is 4.08. The van der Waals surface area contributed by atoms with E-state index in [0.717, 1.165) is 18.3 Å². The Balaban J connectivity index is 2.07. The average Bonchev–Trinajstić information content (AvgIpc) is 2.41. The number of rotatable bonds is 4. The van der Waals surface area contributed by atoms with Crippen molar-refractivity contribution in [3.05, 3.63) is 35.4 Å². The molecular weight excluding hydrogens is 266 g/mol. The molecule has 0 aromatic heterocycles.